The number of hydrogen-bond acceptors (Lipinski definition) is 5. The summed E-state index contributed by atoms with van der Waals surface area (Å²) in [5.41, 5.74) is 7.06. The lowest BCUT2D eigenvalue weighted by molar-refractivity contribution is 0.145. The van der Waals surface area contributed by atoms with Crippen LogP contribution in [0, 0.1) is 5.92 Å². The van der Waals surface area contributed by atoms with E-state index < -0.39 is 0 Å². The third kappa shape index (κ3) is 6.29. The van der Waals surface area contributed by atoms with Crippen molar-refractivity contribution in [3.63, 3.8) is 0 Å². The molecule has 0 amide bonds. The largest absolute Gasteiger partial charge is 0.497 e. The predicted octanol–water partition coefficient (Wildman–Crippen LogP) is 1.86. The summed E-state index contributed by atoms with van der Waals surface area (Å²) >= 11 is 0. The molecule has 1 saturated heterocycles. The van der Waals surface area contributed by atoms with Crippen LogP contribution in [0.5, 0.6) is 11.5 Å². The van der Waals surface area contributed by atoms with E-state index in [9.17, 15) is 0 Å². The van der Waals surface area contributed by atoms with Gasteiger partial charge in [0.2, 0.25) is 0 Å². The van der Waals surface area contributed by atoms with Crippen LogP contribution in [0.1, 0.15) is 19.8 Å². The number of methoxy groups -OCH3 is 2. The summed E-state index contributed by atoms with van der Waals surface area (Å²) in [6.07, 6.45) is 2.03. The third-order valence-corrected chi connectivity index (χ3v) is 4.48. The number of ether oxygens (including phenoxy) is 3. The van der Waals surface area contributed by atoms with E-state index in [-0.39, 0.29) is 0 Å². The van der Waals surface area contributed by atoms with E-state index in [1.807, 2.05) is 25.1 Å². The molecule has 1 fully saturated rings. The van der Waals surface area contributed by atoms with Crippen molar-refractivity contribution < 1.29 is 14.2 Å². The summed E-state index contributed by atoms with van der Waals surface area (Å²) in [5, 5.41) is 3.14. The van der Waals surface area contributed by atoms with Gasteiger partial charge in [-0.1, -0.05) is 0 Å². The molecule has 146 valence electrons. The smallest absolute Gasteiger partial charge is 0.188 e. The zero-order chi connectivity index (χ0) is 18.8. The summed E-state index contributed by atoms with van der Waals surface area (Å²) in [7, 11) is 3.34. The van der Waals surface area contributed by atoms with Crippen LogP contribution in [0.3, 0.4) is 0 Å². The quantitative estimate of drug-likeness (QED) is 0.375. The summed E-state index contributed by atoms with van der Waals surface area (Å²) in [5.74, 6) is 2.63. The average molecular weight is 364 g/mol. The molecule has 7 nitrogen and oxygen atoms in total. The Morgan fingerprint density at radius 1 is 1.27 bits per heavy atom. The van der Waals surface area contributed by atoms with Crippen LogP contribution in [-0.2, 0) is 4.74 Å². The molecule has 1 atom stereocenters. The van der Waals surface area contributed by atoms with Crippen molar-refractivity contribution in [2.45, 2.75) is 19.8 Å². The Hall–Kier alpha value is -2.15. The number of nitrogens with one attached hydrogen (secondary N) is 1. The van der Waals surface area contributed by atoms with Crippen molar-refractivity contribution >= 4 is 11.6 Å². The number of hydrogen-bond donors (Lipinski definition) is 2. The minimum absolute atomic E-state index is 0.496. The van der Waals surface area contributed by atoms with Crippen molar-refractivity contribution in [3.05, 3.63) is 18.2 Å². The minimum Gasteiger partial charge on any atom is -0.497 e. The van der Waals surface area contributed by atoms with Crippen molar-refractivity contribution in [2.24, 2.45) is 16.6 Å². The standard InChI is InChI=1S/C19H32N4O3/c1-4-26-9-5-7-21-19(20)22-13-15-6-8-23(14-15)16-10-17(24-2)12-18(11-16)25-3/h10-12,15H,4-9,13-14H2,1-3H3,(H3,20,21,22). The number of nitrogens with two attached hydrogens (primary N) is 1. The molecule has 1 aliphatic heterocycles. The first-order valence-corrected chi connectivity index (χ1v) is 9.25. The third-order valence-electron chi connectivity index (χ3n) is 4.48. The number of anilines is 1. The lowest BCUT2D eigenvalue weighted by Gasteiger charge is -2.20. The molecule has 0 saturated carbocycles. The monoisotopic (exact) mass is 364 g/mol. The number of rotatable bonds is 10. The molecule has 1 heterocycles. The fourth-order valence-electron chi connectivity index (χ4n) is 3.01. The van der Waals surface area contributed by atoms with Crippen molar-refractivity contribution in [3.8, 4) is 11.5 Å². The first-order valence-electron chi connectivity index (χ1n) is 9.25. The second-order valence-corrected chi connectivity index (χ2v) is 6.37. The highest BCUT2D eigenvalue weighted by Gasteiger charge is 2.23. The molecule has 7 heteroatoms. The van der Waals surface area contributed by atoms with Gasteiger partial charge in [0, 0.05) is 63.3 Å². The SMILES string of the molecule is CCOCCCNC(N)=NCC1CCN(c2cc(OC)cc(OC)c2)C1. The molecule has 1 unspecified atom stereocenters. The van der Waals surface area contributed by atoms with Crippen molar-refractivity contribution in [2.75, 3.05) is 58.5 Å². The van der Waals surface area contributed by atoms with Crippen LogP contribution in [0.2, 0.25) is 0 Å². The topological polar surface area (TPSA) is 81.3 Å². The van der Waals surface area contributed by atoms with Gasteiger partial charge in [0.15, 0.2) is 5.96 Å². The molecule has 0 spiro atoms. The Kier molecular flexibility index (Phi) is 8.34. The average Bonchev–Trinajstić information content (AvgIpc) is 3.15. The fourth-order valence-corrected chi connectivity index (χ4v) is 3.01. The predicted molar refractivity (Wildman–Crippen MR) is 105 cm³/mol. The van der Waals surface area contributed by atoms with Crippen LogP contribution in [-0.4, -0.2) is 59.6 Å². The summed E-state index contributed by atoms with van der Waals surface area (Å²) in [6.45, 7) is 6.97. The first kappa shape index (κ1) is 20.2. The molecule has 0 aliphatic carbocycles. The molecule has 3 N–H and O–H groups in total. The highest BCUT2D eigenvalue weighted by atomic mass is 16.5. The van der Waals surface area contributed by atoms with Gasteiger partial charge < -0.3 is 30.2 Å². The first-order chi connectivity index (χ1) is 12.7. The van der Waals surface area contributed by atoms with Gasteiger partial charge in [-0.15, -0.1) is 0 Å². The fraction of sp³-hybridized carbons (Fsp3) is 0.632. The number of nitrogens with zero attached hydrogens (tertiary/aromatic N) is 2. The van der Waals surface area contributed by atoms with Crippen LogP contribution in [0.25, 0.3) is 0 Å². The highest BCUT2D eigenvalue weighted by molar-refractivity contribution is 5.77. The van der Waals surface area contributed by atoms with E-state index in [4.69, 9.17) is 19.9 Å². The Bertz CT molecular complexity index is 558. The normalized spacial score (nSPS) is 17.4. The molecule has 26 heavy (non-hydrogen) atoms. The highest BCUT2D eigenvalue weighted by Crippen LogP contribution is 2.31. The minimum atomic E-state index is 0.496. The second-order valence-electron chi connectivity index (χ2n) is 6.37. The van der Waals surface area contributed by atoms with Gasteiger partial charge in [-0.05, 0) is 25.7 Å². The maximum absolute atomic E-state index is 5.94. The maximum Gasteiger partial charge on any atom is 0.188 e. The Morgan fingerprint density at radius 3 is 2.65 bits per heavy atom. The zero-order valence-electron chi connectivity index (χ0n) is 16.2. The molecular formula is C19H32N4O3. The van der Waals surface area contributed by atoms with Gasteiger partial charge in [-0.3, -0.25) is 4.99 Å². The molecule has 0 bridgehead atoms. The molecule has 1 aromatic carbocycles. The second kappa shape index (κ2) is 10.8. The lowest BCUT2D eigenvalue weighted by atomic mass is 10.1. The Morgan fingerprint density at radius 2 is 2.00 bits per heavy atom. The van der Waals surface area contributed by atoms with Gasteiger partial charge in [0.05, 0.1) is 14.2 Å². The van der Waals surface area contributed by atoms with Gasteiger partial charge in [-0.25, -0.2) is 0 Å². The van der Waals surface area contributed by atoms with Crippen LogP contribution in [0.4, 0.5) is 5.69 Å². The summed E-state index contributed by atoms with van der Waals surface area (Å²) in [6, 6.07) is 5.98. The summed E-state index contributed by atoms with van der Waals surface area (Å²) in [4.78, 5) is 6.83. The van der Waals surface area contributed by atoms with Gasteiger partial charge in [-0.2, -0.15) is 0 Å². The molecule has 1 aliphatic rings. The molecule has 0 radical (unpaired) electrons. The molecule has 1 aromatic rings. The van der Waals surface area contributed by atoms with E-state index >= 15 is 0 Å². The Labute approximate surface area is 156 Å². The van der Waals surface area contributed by atoms with E-state index in [2.05, 4.69) is 15.2 Å². The van der Waals surface area contributed by atoms with E-state index in [1.165, 1.54) is 0 Å². The van der Waals surface area contributed by atoms with Crippen LogP contribution >= 0.6 is 0 Å². The van der Waals surface area contributed by atoms with Gasteiger partial charge in [0.1, 0.15) is 11.5 Å². The lowest BCUT2D eigenvalue weighted by Crippen LogP contribution is -2.33. The summed E-state index contributed by atoms with van der Waals surface area (Å²) < 4.78 is 16.0. The maximum atomic E-state index is 5.94. The van der Waals surface area contributed by atoms with Crippen molar-refractivity contribution in [1.29, 1.82) is 0 Å². The zero-order valence-corrected chi connectivity index (χ0v) is 16.2. The molecule has 0 aromatic heterocycles. The van der Waals surface area contributed by atoms with E-state index in [1.54, 1.807) is 14.2 Å². The van der Waals surface area contributed by atoms with Crippen LogP contribution in [0.15, 0.2) is 23.2 Å². The van der Waals surface area contributed by atoms with Gasteiger partial charge in [0.25, 0.3) is 0 Å². The van der Waals surface area contributed by atoms with Gasteiger partial charge >= 0.3 is 0 Å². The van der Waals surface area contributed by atoms with Crippen LogP contribution < -0.4 is 25.4 Å². The van der Waals surface area contributed by atoms with E-state index in [0.29, 0.717) is 11.9 Å². The molecular weight excluding hydrogens is 332 g/mol. The van der Waals surface area contributed by atoms with Crippen molar-refractivity contribution in [1.82, 2.24) is 5.32 Å². The number of benzene rings is 1. The van der Waals surface area contributed by atoms with E-state index in [0.717, 1.165) is 69.4 Å². The number of guanidine groups is 1. The molecule has 2 rings (SSSR count). The number of aliphatic imine (C=N–C) groups is 1. The Balaban J connectivity index is 1.80.